The second-order valence-corrected chi connectivity index (χ2v) is 8.33. The Morgan fingerprint density at radius 3 is 2.53 bits per heavy atom. The van der Waals surface area contributed by atoms with Crippen LogP contribution >= 0.6 is 0 Å². The summed E-state index contributed by atoms with van der Waals surface area (Å²) < 4.78 is 2.11. The maximum atomic E-state index is 13.3. The van der Waals surface area contributed by atoms with Crippen LogP contribution in [-0.2, 0) is 17.8 Å². The van der Waals surface area contributed by atoms with Crippen LogP contribution in [-0.4, -0.2) is 27.3 Å². The molecule has 0 radical (unpaired) electrons. The van der Waals surface area contributed by atoms with Gasteiger partial charge >= 0.3 is 0 Å². The lowest BCUT2D eigenvalue weighted by molar-refractivity contribution is -0.123. The topological polar surface area (TPSA) is 87.8 Å². The molecule has 1 atom stereocenters. The van der Waals surface area contributed by atoms with E-state index in [1.165, 1.54) is 6.42 Å². The minimum atomic E-state index is -1.35. The van der Waals surface area contributed by atoms with E-state index in [1.54, 1.807) is 0 Å². The van der Waals surface area contributed by atoms with Gasteiger partial charge in [0.2, 0.25) is 11.7 Å². The predicted octanol–water partition coefficient (Wildman–Crippen LogP) is 4.05. The van der Waals surface area contributed by atoms with Gasteiger partial charge in [-0.15, -0.1) is 0 Å². The number of nitriles is 1. The number of ketones is 1. The highest BCUT2D eigenvalue weighted by atomic mass is 16.2. The van der Waals surface area contributed by atoms with Gasteiger partial charge in [-0.25, -0.2) is 4.98 Å². The fraction of sp³-hybridized carbons (Fsp3) is 0.500. The monoisotopic (exact) mass is 404 g/mol. The third kappa shape index (κ3) is 4.16. The van der Waals surface area contributed by atoms with Crippen molar-refractivity contribution in [3.05, 3.63) is 41.7 Å². The highest BCUT2D eigenvalue weighted by Gasteiger charge is 2.34. The second-order valence-electron chi connectivity index (χ2n) is 8.33. The van der Waals surface area contributed by atoms with Gasteiger partial charge < -0.3 is 9.88 Å². The average molecular weight is 405 g/mol. The molecule has 1 aliphatic heterocycles. The van der Waals surface area contributed by atoms with Crippen LogP contribution in [0.4, 0.5) is 0 Å². The molecule has 6 heteroatoms. The summed E-state index contributed by atoms with van der Waals surface area (Å²) in [4.78, 5) is 30.8. The molecule has 1 amide bonds. The minimum absolute atomic E-state index is 0.0638. The molecule has 1 fully saturated rings. The van der Waals surface area contributed by atoms with Gasteiger partial charge in [0.15, 0.2) is 5.92 Å². The van der Waals surface area contributed by atoms with E-state index in [9.17, 15) is 14.9 Å². The lowest BCUT2D eigenvalue weighted by Gasteiger charge is -2.23. The quantitative estimate of drug-likeness (QED) is 0.602. The van der Waals surface area contributed by atoms with Crippen LogP contribution in [0.2, 0.25) is 0 Å². The fourth-order valence-corrected chi connectivity index (χ4v) is 4.63. The van der Waals surface area contributed by atoms with Gasteiger partial charge in [0.05, 0.1) is 6.07 Å². The zero-order chi connectivity index (χ0) is 20.9. The van der Waals surface area contributed by atoms with Crippen molar-refractivity contribution in [1.82, 2.24) is 14.9 Å². The molecule has 1 N–H and O–H groups in total. The van der Waals surface area contributed by atoms with E-state index in [-0.39, 0.29) is 6.04 Å². The van der Waals surface area contributed by atoms with E-state index in [2.05, 4.69) is 14.9 Å². The Bertz CT molecular complexity index is 952. The lowest BCUT2D eigenvalue weighted by atomic mass is 9.94. The van der Waals surface area contributed by atoms with Crippen molar-refractivity contribution in [2.75, 3.05) is 0 Å². The number of hydrogen-bond donors (Lipinski definition) is 1. The zero-order valence-corrected chi connectivity index (χ0v) is 17.3. The third-order valence-electron chi connectivity index (χ3n) is 6.24. The van der Waals surface area contributed by atoms with Crippen LogP contribution in [0.5, 0.6) is 0 Å². The number of rotatable bonds is 5. The number of nitrogens with one attached hydrogen (secondary N) is 1. The molecule has 4 rings (SSSR count). The van der Waals surface area contributed by atoms with E-state index < -0.39 is 17.6 Å². The Labute approximate surface area is 177 Å². The van der Waals surface area contributed by atoms with Gasteiger partial charge in [-0.1, -0.05) is 56.0 Å². The molecule has 1 aromatic heterocycles. The lowest BCUT2D eigenvalue weighted by Crippen LogP contribution is -2.42. The molecule has 1 aromatic carbocycles. The standard InChI is InChI=1S/C24H28N4O2/c25-16-19(24(30)26-18-12-6-2-7-13-18)22(29)21-20-14-8-3-9-15-28(20)23(27-21)17-10-4-1-5-11-17/h1,4-5,10-11,18-19H,2-3,6-9,12-15H2,(H,26,30). The second kappa shape index (κ2) is 9.25. The van der Waals surface area contributed by atoms with E-state index >= 15 is 0 Å². The minimum Gasteiger partial charge on any atom is -0.352 e. The molecule has 2 aliphatic rings. The first kappa shape index (κ1) is 20.3. The van der Waals surface area contributed by atoms with Crippen LogP contribution in [0.25, 0.3) is 11.4 Å². The number of benzene rings is 1. The average Bonchev–Trinajstić information content (AvgIpc) is 2.96. The Balaban J connectivity index is 1.64. The van der Waals surface area contributed by atoms with E-state index in [0.29, 0.717) is 5.69 Å². The first-order valence-electron chi connectivity index (χ1n) is 11.1. The number of carbonyl (C=O) groups excluding carboxylic acids is 2. The number of Topliss-reactive ketones (excluding diaryl/α,β-unsaturated/α-hetero) is 1. The molecule has 6 nitrogen and oxygen atoms in total. The number of amides is 1. The van der Waals surface area contributed by atoms with Gasteiger partial charge in [-0.2, -0.15) is 5.26 Å². The van der Waals surface area contributed by atoms with E-state index in [1.807, 2.05) is 36.4 Å². The van der Waals surface area contributed by atoms with Gasteiger partial charge in [0.1, 0.15) is 11.5 Å². The fourth-order valence-electron chi connectivity index (χ4n) is 4.63. The smallest absolute Gasteiger partial charge is 0.245 e. The highest BCUT2D eigenvalue weighted by molar-refractivity contribution is 6.12. The summed E-state index contributed by atoms with van der Waals surface area (Å²) >= 11 is 0. The highest BCUT2D eigenvalue weighted by Crippen LogP contribution is 2.28. The maximum Gasteiger partial charge on any atom is 0.245 e. The number of aromatic nitrogens is 2. The van der Waals surface area contributed by atoms with E-state index in [0.717, 1.165) is 75.0 Å². The van der Waals surface area contributed by atoms with Gasteiger partial charge in [0, 0.05) is 23.8 Å². The number of imidazole rings is 1. The van der Waals surface area contributed by atoms with Crippen molar-refractivity contribution in [2.45, 2.75) is 70.4 Å². The number of carbonyl (C=O) groups is 2. The number of nitrogens with zero attached hydrogens (tertiary/aromatic N) is 3. The Morgan fingerprint density at radius 1 is 1.07 bits per heavy atom. The molecular formula is C24H28N4O2. The summed E-state index contributed by atoms with van der Waals surface area (Å²) in [7, 11) is 0. The van der Waals surface area contributed by atoms with Crippen LogP contribution in [0.15, 0.2) is 30.3 Å². The van der Waals surface area contributed by atoms with Crippen molar-refractivity contribution in [3.63, 3.8) is 0 Å². The summed E-state index contributed by atoms with van der Waals surface area (Å²) in [6, 6.07) is 11.8. The molecule has 2 heterocycles. The van der Waals surface area contributed by atoms with Crippen molar-refractivity contribution in [3.8, 4) is 17.5 Å². The van der Waals surface area contributed by atoms with Gasteiger partial charge in [0.25, 0.3) is 0 Å². The number of fused-ring (bicyclic) bond motifs is 1. The summed E-state index contributed by atoms with van der Waals surface area (Å²) in [5.41, 5.74) is 2.10. The largest absolute Gasteiger partial charge is 0.352 e. The summed E-state index contributed by atoms with van der Waals surface area (Å²) in [5.74, 6) is -1.55. The van der Waals surface area contributed by atoms with Crippen molar-refractivity contribution in [2.24, 2.45) is 5.92 Å². The number of hydrogen-bond acceptors (Lipinski definition) is 4. The molecule has 1 aliphatic carbocycles. The molecule has 1 saturated carbocycles. The summed E-state index contributed by atoms with van der Waals surface area (Å²) in [5, 5.41) is 12.6. The Hall–Kier alpha value is -2.94. The van der Waals surface area contributed by atoms with Crippen LogP contribution < -0.4 is 5.32 Å². The van der Waals surface area contributed by atoms with Crippen molar-refractivity contribution < 1.29 is 9.59 Å². The van der Waals surface area contributed by atoms with Crippen LogP contribution in [0, 0.1) is 17.2 Å². The molecule has 0 spiro atoms. The predicted molar refractivity (Wildman–Crippen MR) is 114 cm³/mol. The normalized spacial score (nSPS) is 18.0. The molecule has 0 saturated heterocycles. The molecule has 30 heavy (non-hydrogen) atoms. The molecule has 0 bridgehead atoms. The first-order valence-corrected chi connectivity index (χ1v) is 11.1. The van der Waals surface area contributed by atoms with Crippen molar-refractivity contribution >= 4 is 11.7 Å². The SMILES string of the molecule is N#CC(C(=O)NC1CCCCC1)C(=O)c1nc(-c2ccccc2)n2c1CCCCC2. The van der Waals surface area contributed by atoms with E-state index in [4.69, 9.17) is 0 Å². The Morgan fingerprint density at radius 2 is 1.80 bits per heavy atom. The van der Waals surface area contributed by atoms with Gasteiger partial charge in [-0.3, -0.25) is 9.59 Å². The third-order valence-corrected chi connectivity index (χ3v) is 6.24. The maximum absolute atomic E-state index is 13.3. The van der Waals surface area contributed by atoms with Crippen molar-refractivity contribution in [1.29, 1.82) is 5.26 Å². The first-order chi connectivity index (χ1) is 14.7. The molecular weight excluding hydrogens is 376 g/mol. The van der Waals surface area contributed by atoms with Gasteiger partial charge in [-0.05, 0) is 32.1 Å². The Kier molecular flexibility index (Phi) is 6.27. The molecule has 156 valence electrons. The molecule has 2 aromatic rings. The van der Waals surface area contributed by atoms with Crippen LogP contribution in [0.3, 0.4) is 0 Å². The molecule has 1 unspecified atom stereocenters. The summed E-state index contributed by atoms with van der Waals surface area (Å²) in [6.07, 6.45) is 8.99. The summed E-state index contributed by atoms with van der Waals surface area (Å²) in [6.45, 7) is 0.797. The van der Waals surface area contributed by atoms with Crippen LogP contribution in [0.1, 0.15) is 67.5 Å². The zero-order valence-electron chi connectivity index (χ0n) is 17.3.